The molecule has 0 unspecified atom stereocenters. The molecule has 0 aliphatic carbocycles. The number of hydrogen-bond acceptors (Lipinski definition) is 5. The van der Waals surface area contributed by atoms with Gasteiger partial charge in [-0.25, -0.2) is 14.3 Å². The molecule has 0 atom stereocenters. The molecule has 0 aromatic carbocycles. The van der Waals surface area contributed by atoms with Crippen molar-refractivity contribution >= 4 is 17.3 Å². The Morgan fingerprint density at radius 3 is 3.22 bits per heavy atom. The predicted octanol–water partition coefficient (Wildman–Crippen LogP) is 0.551. The lowest BCUT2D eigenvalue weighted by Gasteiger charge is -2.06. The Balaban J connectivity index is 1.93. The summed E-state index contributed by atoms with van der Waals surface area (Å²) in [5.41, 5.74) is 1.79. The SMILES string of the molecule is Cc1cc2c(NCCOCC(=O)O)nccn2n1. The summed E-state index contributed by atoms with van der Waals surface area (Å²) in [6.07, 6.45) is 3.42. The van der Waals surface area contributed by atoms with E-state index in [9.17, 15) is 4.79 Å². The molecule has 0 aliphatic heterocycles. The quantitative estimate of drug-likeness (QED) is 0.728. The van der Waals surface area contributed by atoms with Crippen molar-refractivity contribution in [3.05, 3.63) is 24.2 Å². The molecule has 2 rings (SSSR count). The molecular formula is C11H14N4O3. The van der Waals surface area contributed by atoms with E-state index in [-0.39, 0.29) is 6.61 Å². The van der Waals surface area contributed by atoms with Crippen LogP contribution >= 0.6 is 0 Å². The molecule has 2 aromatic rings. The highest BCUT2D eigenvalue weighted by Gasteiger charge is 2.04. The summed E-state index contributed by atoms with van der Waals surface area (Å²) in [7, 11) is 0. The van der Waals surface area contributed by atoms with Crippen LogP contribution in [0.25, 0.3) is 5.52 Å². The van der Waals surface area contributed by atoms with Crippen LogP contribution in [-0.4, -0.2) is 45.4 Å². The standard InChI is InChI=1S/C11H14N4O3/c1-8-6-9-11(12-2-4-15(9)14-8)13-3-5-18-7-10(16)17/h2,4,6H,3,5,7H2,1H3,(H,12,13)(H,16,17). The number of aryl methyl sites for hydroxylation is 1. The number of carboxylic acid groups (broad SMARTS) is 1. The minimum atomic E-state index is -0.971. The molecule has 18 heavy (non-hydrogen) atoms. The van der Waals surface area contributed by atoms with Gasteiger partial charge in [0.05, 0.1) is 12.3 Å². The highest BCUT2D eigenvalue weighted by Crippen LogP contribution is 2.13. The van der Waals surface area contributed by atoms with E-state index in [0.717, 1.165) is 11.2 Å². The summed E-state index contributed by atoms with van der Waals surface area (Å²) in [5, 5.41) is 15.8. The van der Waals surface area contributed by atoms with Crippen molar-refractivity contribution in [1.29, 1.82) is 0 Å². The molecule has 2 aromatic heterocycles. The maximum Gasteiger partial charge on any atom is 0.329 e. The molecule has 0 aliphatic rings. The number of nitrogens with zero attached hydrogens (tertiary/aromatic N) is 3. The van der Waals surface area contributed by atoms with Crippen LogP contribution in [-0.2, 0) is 9.53 Å². The van der Waals surface area contributed by atoms with Crippen molar-refractivity contribution in [3.8, 4) is 0 Å². The summed E-state index contributed by atoms with van der Waals surface area (Å²) in [4.78, 5) is 14.4. The summed E-state index contributed by atoms with van der Waals surface area (Å²) in [6.45, 7) is 2.42. The zero-order valence-electron chi connectivity index (χ0n) is 9.96. The van der Waals surface area contributed by atoms with E-state index in [0.29, 0.717) is 19.0 Å². The predicted molar refractivity (Wildman–Crippen MR) is 64.7 cm³/mol. The number of carbonyl (C=O) groups is 1. The Morgan fingerprint density at radius 2 is 2.44 bits per heavy atom. The first-order valence-electron chi connectivity index (χ1n) is 5.51. The van der Waals surface area contributed by atoms with Crippen LogP contribution < -0.4 is 5.32 Å². The van der Waals surface area contributed by atoms with Crippen LogP contribution in [0.1, 0.15) is 5.69 Å². The smallest absolute Gasteiger partial charge is 0.329 e. The number of carboxylic acids is 1. The second kappa shape index (κ2) is 5.46. The molecule has 0 bridgehead atoms. The van der Waals surface area contributed by atoms with Crippen LogP contribution in [0.4, 0.5) is 5.82 Å². The Kier molecular flexibility index (Phi) is 3.73. The van der Waals surface area contributed by atoms with E-state index in [1.807, 2.05) is 13.0 Å². The zero-order valence-corrected chi connectivity index (χ0v) is 9.96. The van der Waals surface area contributed by atoms with Gasteiger partial charge < -0.3 is 15.2 Å². The zero-order chi connectivity index (χ0) is 13.0. The van der Waals surface area contributed by atoms with Crippen molar-refractivity contribution < 1.29 is 14.6 Å². The molecule has 0 amide bonds. The summed E-state index contributed by atoms with van der Waals surface area (Å²) < 4.78 is 6.66. The molecule has 0 radical (unpaired) electrons. The Morgan fingerprint density at radius 1 is 1.61 bits per heavy atom. The third-order valence-corrected chi connectivity index (χ3v) is 2.28. The maximum absolute atomic E-state index is 10.2. The number of aromatic nitrogens is 3. The van der Waals surface area contributed by atoms with Gasteiger partial charge in [0.1, 0.15) is 12.1 Å². The largest absolute Gasteiger partial charge is 0.480 e. The molecule has 2 heterocycles. The Bertz CT molecular complexity index is 552. The summed E-state index contributed by atoms with van der Waals surface area (Å²) in [6, 6.07) is 1.92. The van der Waals surface area contributed by atoms with E-state index >= 15 is 0 Å². The van der Waals surface area contributed by atoms with Gasteiger partial charge in [-0.1, -0.05) is 0 Å². The van der Waals surface area contributed by atoms with E-state index in [1.54, 1.807) is 16.9 Å². The van der Waals surface area contributed by atoms with Crippen molar-refractivity contribution in [2.75, 3.05) is 25.1 Å². The van der Waals surface area contributed by atoms with E-state index in [2.05, 4.69) is 15.4 Å². The normalized spacial score (nSPS) is 10.7. The van der Waals surface area contributed by atoms with Crippen molar-refractivity contribution in [3.63, 3.8) is 0 Å². The van der Waals surface area contributed by atoms with Crippen molar-refractivity contribution in [2.45, 2.75) is 6.92 Å². The molecule has 7 heteroatoms. The van der Waals surface area contributed by atoms with Crippen molar-refractivity contribution in [1.82, 2.24) is 14.6 Å². The Hall–Kier alpha value is -2.15. The fourth-order valence-corrected chi connectivity index (χ4v) is 1.58. The van der Waals surface area contributed by atoms with Gasteiger partial charge >= 0.3 is 5.97 Å². The number of hydrogen-bond donors (Lipinski definition) is 2. The average Bonchev–Trinajstić information content (AvgIpc) is 2.69. The number of nitrogens with one attached hydrogen (secondary N) is 1. The first-order chi connectivity index (χ1) is 8.66. The number of rotatable bonds is 6. The lowest BCUT2D eigenvalue weighted by Crippen LogP contribution is -2.15. The van der Waals surface area contributed by atoms with Gasteiger partial charge in [0.15, 0.2) is 5.82 Å². The molecule has 0 saturated carbocycles. The van der Waals surface area contributed by atoms with Gasteiger partial charge in [-0.05, 0) is 13.0 Å². The third-order valence-electron chi connectivity index (χ3n) is 2.28. The Labute approximate surface area is 103 Å². The fraction of sp³-hybridized carbons (Fsp3) is 0.364. The molecular weight excluding hydrogens is 236 g/mol. The van der Waals surface area contributed by atoms with E-state index in [1.165, 1.54) is 0 Å². The first-order valence-corrected chi connectivity index (χ1v) is 5.51. The number of ether oxygens (including phenoxy) is 1. The monoisotopic (exact) mass is 250 g/mol. The van der Waals surface area contributed by atoms with Gasteiger partial charge in [0, 0.05) is 18.9 Å². The van der Waals surface area contributed by atoms with Crippen LogP contribution in [0.2, 0.25) is 0 Å². The van der Waals surface area contributed by atoms with E-state index in [4.69, 9.17) is 9.84 Å². The molecule has 7 nitrogen and oxygen atoms in total. The van der Waals surface area contributed by atoms with Gasteiger partial charge in [-0.2, -0.15) is 5.10 Å². The van der Waals surface area contributed by atoms with Gasteiger partial charge in [0.2, 0.25) is 0 Å². The highest BCUT2D eigenvalue weighted by atomic mass is 16.5. The lowest BCUT2D eigenvalue weighted by atomic mass is 10.4. The van der Waals surface area contributed by atoms with Crippen LogP contribution in [0, 0.1) is 6.92 Å². The lowest BCUT2D eigenvalue weighted by molar-refractivity contribution is -0.142. The summed E-state index contributed by atoms with van der Waals surface area (Å²) in [5.74, 6) is -0.265. The van der Waals surface area contributed by atoms with Crippen LogP contribution in [0.3, 0.4) is 0 Å². The molecule has 2 N–H and O–H groups in total. The van der Waals surface area contributed by atoms with Gasteiger partial charge in [0.25, 0.3) is 0 Å². The number of anilines is 1. The maximum atomic E-state index is 10.2. The van der Waals surface area contributed by atoms with Crippen molar-refractivity contribution in [2.24, 2.45) is 0 Å². The van der Waals surface area contributed by atoms with E-state index < -0.39 is 5.97 Å². The fourth-order valence-electron chi connectivity index (χ4n) is 1.58. The van der Waals surface area contributed by atoms with Crippen LogP contribution in [0.15, 0.2) is 18.5 Å². The second-order valence-electron chi connectivity index (χ2n) is 3.76. The van der Waals surface area contributed by atoms with Crippen LogP contribution in [0.5, 0.6) is 0 Å². The number of fused-ring (bicyclic) bond motifs is 1. The molecule has 0 saturated heterocycles. The third kappa shape index (κ3) is 2.95. The highest BCUT2D eigenvalue weighted by molar-refractivity contribution is 5.68. The van der Waals surface area contributed by atoms with Gasteiger partial charge in [-0.3, -0.25) is 0 Å². The first kappa shape index (κ1) is 12.3. The number of aliphatic carboxylic acids is 1. The summed E-state index contributed by atoms with van der Waals surface area (Å²) >= 11 is 0. The van der Waals surface area contributed by atoms with Gasteiger partial charge in [-0.15, -0.1) is 0 Å². The molecule has 96 valence electrons. The average molecular weight is 250 g/mol. The topological polar surface area (TPSA) is 88.8 Å². The molecule has 0 spiro atoms. The minimum Gasteiger partial charge on any atom is -0.480 e. The second-order valence-corrected chi connectivity index (χ2v) is 3.76. The molecule has 0 fully saturated rings. The minimum absolute atomic E-state index is 0.287.